The zero-order valence-electron chi connectivity index (χ0n) is 14.9. The van der Waals surface area contributed by atoms with E-state index in [4.69, 9.17) is 0 Å². The highest BCUT2D eigenvalue weighted by Gasteiger charge is 2.52. The lowest BCUT2D eigenvalue weighted by molar-refractivity contribution is -0.136. The molecule has 0 atom stereocenters. The first-order valence-corrected chi connectivity index (χ1v) is 9.09. The summed E-state index contributed by atoms with van der Waals surface area (Å²) in [6.45, 7) is 2.05. The van der Waals surface area contributed by atoms with Crippen molar-refractivity contribution >= 4 is 17.8 Å². The number of hydrogen-bond acceptors (Lipinski definition) is 3. The summed E-state index contributed by atoms with van der Waals surface area (Å²) < 4.78 is 12.9. The molecule has 1 saturated heterocycles. The van der Waals surface area contributed by atoms with Crippen LogP contribution in [-0.4, -0.2) is 34.8 Å². The molecule has 0 radical (unpaired) electrons. The summed E-state index contributed by atoms with van der Waals surface area (Å²) >= 11 is 0. The van der Waals surface area contributed by atoms with Gasteiger partial charge in [-0.1, -0.05) is 25.5 Å². The molecule has 0 aromatic heterocycles. The summed E-state index contributed by atoms with van der Waals surface area (Å²) in [7, 11) is 0. The van der Waals surface area contributed by atoms with E-state index in [1.54, 1.807) is 12.1 Å². The predicted octanol–water partition coefficient (Wildman–Crippen LogP) is 2.33. The van der Waals surface area contributed by atoms with Crippen LogP contribution in [0.15, 0.2) is 24.3 Å². The number of benzene rings is 1. The van der Waals surface area contributed by atoms with E-state index in [1.807, 2.05) is 0 Å². The number of urea groups is 1. The van der Waals surface area contributed by atoms with E-state index in [0.717, 1.165) is 29.7 Å². The van der Waals surface area contributed by atoms with Gasteiger partial charge in [0.05, 0.1) is 0 Å². The average molecular weight is 361 g/mol. The van der Waals surface area contributed by atoms with Gasteiger partial charge in [0.2, 0.25) is 5.91 Å². The van der Waals surface area contributed by atoms with Crippen LogP contribution >= 0.6 is 0 Å². The van der Waals surface area contributed by atoms with E-state index >= 15 is 0 Å². The number of amides is 4. The second-order valence-corrected chi connectivity index (χ2v) is 7.16. The maximum atomic E-state index is 12.9. The maximum Gasteiger partial charge on any atom is 0.325 e. The van der Waals surface area contributed by atoms with E-state index in [2.05, 4.69) is 17.6 Å². The largest absolute Gasteiger partial charge is 0.350 e. The molecule has 7 heteroatoms. The van der Waals surface area contributed by atoms with Gasteiger partial charge in [0.15, 0.2) is 0 Å². The predicted molar refractivity (Wildman–Crippen MR) is 93.5 cm³/mol. The Kier molecular flexibility index (Phi) is 5.25. The monoisotopic (exact) mass is 361 g/mol. The Morgan fingerprint density at radius 2 is 1.92 bits per heavy atom. The molecule has 0 bridgehead atoms. The van der Waals surface area contributed by atoms with Gasteiger partial charge in [-0.05, 0) is 49.3 Å². The molecule has 1 saturated carbocycles. The van der Waals surface area contributed by atoms with Crippen molar-refractivity contribution in [2.24, 2.45) is 5.92 Å². The first kappa shape index (κ1) is 18.4. The quantitative estimate of drug-likeness (QED) is 0.790. The number of nitrogens with one attached hydrogen (secondary N) is 2. The Bertz CT molecular complexity index is 696. The highest BCUT2D eigenvalue weighted by atomic mass is 19.1. The van der Waals surface area contributed by atoms with Crippen molar-refractivity contribution in [3.63, 3.8) is 0 Å². The molecule has 1 heterocycles. The van der Waals surface area contributed by atoms with Crippen LogP contribution in [0.3, 0.4) is 0 Å². The van der Waals surface area contributed by atoms with Crippen molar-refractivity contribution in [1.29, 1.82) is 0 Å². The number of rotatable bonds is 5. The van der Waals surface area contributed by atoms with Crippen molar-refractivity contribution in [3.8, 4) is 0 Å². The molecule has 6 nitrogen and oxygen atoms in total. The molecule has 2 fully saturated rings. The average Bonchev–Trinajstić information content (AvgIpc) is 2.86. The Labute approximate surface area is 152 Å². The fourth-order valence-corrected chi connectivity index (χ4v) is 3.74. The van der Waals surface area contributed by atoms with E-state index in [9.17, 15) is 18.8 Å². The lowest BCUT2D eigenvalue weighted by Crippen LogP contribution is -2.50. The Morgan fingerprint density at radius 3 is 2.54 bits per heavy atom. The Balaban J connectivity index is 1.56. The van der Waals surface area contributed by atoms with Gasteiger partial charge in [0, 0.05) is 6.54 Å². The summed E-state index contributed by atoms with van der Waals surface area (Å²) in [6.07, 6.45) is 4.15. The van der Waals surface area contributed by atoms with Crippen LogP contribution in [0.5, 0.6) is 0 Å². The summed E-state index contributed by atoms with van der Waals surface area (Å²) in [5.41, 5.74) is -0.0914. The first-order chi connectivity index (χ1) is 12.4. The van der Waals surface area contributed by atoms with Crippen LogP contribution in [0.25, 0.3) is 0 Å². The third-order valence-corrected chi connectivity index (χ3v) is 5.49. The van der Waals surface area contributed by atoms with Crippen LogP contribution in [0.4, 0.5) is 9.18 Å². The second kappa shape index (κ2) is 7.43. The minimum Gasteiger partial charge on any atom is -0.350 e. The Hall–Kier alpha value is -2.44. The molecule has 3 rings (SSSR count). The summed E-state index contributed by atoms with van der Waals surface area (Å²) in [5, 5.41) is 5.47. The molecular formula is C19H24FN3O3. The topological polar surface area (TPSA) is 78.5 Å². The molecule has 1 aliphatic heterocycles. The third-order valence-electron chi connectivity index (χ3n) is 5.49. The van der Waals surface area contributed by atoms with Crippen LogP contribution in [0.1, 0.15) is 44.6 Å². The summed E-state index contributed by atoms with van der Waals surface area (Å²) in [4.78, 5) is 38.1. The molecule has 1 aromatic rings. The van der Waals surface area contributed by atoms with E-state index < -0.39 is 17.5 Å². The van der Waals surface area contributed by atoms with Gasteiger partial charge in [0.1, 0.15) is 17.9 Å². The van der Waals surface area contributed by atoms with Gasteiger partial charge in [-0.3, -0.25) is 14.5 Å². The van der Waals surface area contributed by atoms with Gasteiger partial charge >= 0.3 is 6.03 Å². The molecule has 1 aromatic carbocycles. The first-order valence-electron chi connectivity index (χ1n) is 9.09. The molecule has 140 valence electrons. The highest BCUT2D eigenvalue weighted by molar-refractivity contribution is 6.09. The number of carbonyl (C=O) groups excluding carboxylic acids is 3. The number of carbonyl (C=O) groups is 3. The van der Waals surface area contributed by atoms with Gasteiger partial charge in [-0.15, -0.1) is 0 Å². The zero-order valence-corrected chi connectivity index (χ0v) is 14.9. The zero-order chi connectivity index (χ0) is 18.7. The molecule has 2 N–H and O–H groups in total. The fraction of sp³-hybridized carbons (Fsp3) is 0.526. The molecule has 4 amide bonds. The van der Waals surface area contributed by atoms with Crippen LogP contribution < -0.4 is 10.6 Å². The van der Waals surface area contributed by atoms with Gasteiger partial charge in [-0.25, -0.2) is 9.18 Å². The van der Waals surface area contributed by atoms with Crippen molar-refractivity contribution in [1.82, 2.24) is 15.5 Å². The van der Waals surface area contributed by atoms with Gasteiger partial charge in [-0.2, -0.15) is 0 Å². The minimum atomic E-state index is -0.833. The minimum absolute atomic E-state index is 0.214. The van der Waals surface area contributed by atoms with E-state index in [-0.39, 0.29) is 24.8 Å². The smallest absolute Gasteiger partial charge is 0.325 e. The summed E-state index contributed by atoms with van der Waals surface area (Å²) in [5.74, 6) is -0.466. The fourth-order valence-electron chi connectivity index (χ4n) is 3.74. The number of imide groups is 1. The van der Waals surface area contributed by atoms with E-state index in [0.29, 0.717) is 18.8 Å². The highest BCUT2D eigenvalue weighted by Crippen LogP contribution is 2.37. The van der Waals surface area contributed by atoms with Crippen LogP contribution in [0, 0.1) is 11.7 Å². The molecule has 2 aliphatic rings. The third kappa shape index (κ3) is 3.71. The normalized spacial score (nSPS) is 25.5. The van der Waals surface area contributed by atoms with Crippen molar-refractivity contribution in [3.05, 3.63) is 35.6 Å². The SMILES string of the molecule is CCC1CCC2(CC1)NC(=O)N(CC(=O)NCc1ccc(F)cc1)C2=O. The van der Waals surface area contributed by atoms with Crippen LogP contribution in [0.2, 0.25) is 0 Å². The van der Waals surface area contributed by atoms with Crippen molar-refractivity contribution in [2.75, 3.05) is 6.54 Å². The Morgan fingerprint density at radius 1 is 1.27 bits per heavy atom. The molecule has 26 heavy (non-hydrogen) atoms. The summed E-state index contributed by atoms with van der Waals surface area (Å²) in [6, 6.07) is 5.28. The van der Waals surface area contributed by atoms with Crippen molar-refractivity contribution < 1.29 is 18.8 Å². The lowest BCUT2D eigenvalue weighted by atomic mass is 9.75. The second-order valence-electron chi connectivity index (χ2n) is 7.16. The molecule has 1 spiro atoms. The van der Waals surface area contributed by atoms with E-state index in [1.165, 1.54) is 12.1 Å². The standard InChI is InChI=1S/C19H24FN3O3/c1-2-13-7-9-19(10-8-13)17(25)23(18(26)22-19)12-16(24)21-11-14-3-5-15(20)6-4-14/h3-6,13H,2,7-12H2,1H3,(H,21,24)(H,22,26). The van der Waals surface area contributed by atoms with Crippen molar-refractivity contribution in [2.45, 2.75) is 51.1 Å². The maximum absolute atomic E-state index is 12.9. The lowest BCUT2D eigenvalue weighted by Gasteiger charge is -2.34. The van der Waals surface area contributed by atoms with Gasteiger partial charge in [0.25, 0.3) is 5.91 Å². The van der Waals surface area contributed by atoms with Gasteiger partial charge < -0.3 is 10.6 Å². The molecular weight excluding hydrogens is 337 g/mol. The van der Waals surface area contributed by atoms with Crippen LogP contribution in [-0.2, 0) is 16.1 Å². The molecule has 0 unspecified atom stereocenters. The number of nitrogens with zero attached hydrogens (tertiary/aromatic N) is 1. The number of hydrogen-bond donors (Lipinski definition) is 2. The number of halogens is 1. The molecule has 1 aliphatic carbocycles.